The zero-order valence-corrected chi connectivity index (χ0v) is 19.3. The van der Waals surface area contributed by atoms with E-state index in [-0.39, 0.29) is 23.2 Å². The topological polar surface area (TPSA) is 69.0 Å². The molecule has 1 aliphatic heterocycles. The number of halogens is 1. The van der Waals surface area contributed by atoms with Crippen LogP contribution in [-0.2, 0) is 4.74 Å². The molecule has 6 nitrogen and oxygen atoms in total. The van der Waals surface area contributed by atoms with E-state index in [1.165, 1.54) is 0 Å². The van der Waals surface area contributed by atoms with Crippen molar-refractivity contribution in [3.63, 3.8) is 0 Å². The molecule has 0 saturated heterocycles. The van der Waals surface area contributed by atoms with Crippen molar-refractivity contribution in [2.24, 2.45) is 0 Å². The second-order valence-corrected chi connectivity index (χ2v) is 8.68. The Labute approximate surface area is 188 Å². The van der Waals surface area contributed by atoms with Crippen LogP contribution in [0.2, 0.25) is 0 Å². The second-order valence-electron chi connectivity index (χ2n) is 7.77. The van der Waals surface area contributed by atoms with Gasteiger partial charge in [0.2, 0.25) is 5.76 Å². The van der Waals surface area contributed by atoms with Crippen molar-refractivity contribution in [3.8, 4) is 5.75 Å². The molecule has 1 amide bonds. The van der Waals surface area contributed by atoms with E-state index >= 15 is 0 Å². The Bertz CT molecular complexity index is 1190. The van der Waals surface area contributed by atoms with E-state index in [9.17, 15) is 9.59 Å². The third-order valence-electron chi connectivity index (χ3n) is 5.33. The Morgan fingerprint density at radius 3 is 2.71 bits per heavy atom. The van der Waals surface area contributed by atoms with Crippen molar-refractivity contribution in [2.45, 2.75) is 32.4 Å². The lowest BCUT2D eigenvalue weighted by molar-refractivity contribution is 0.0593. The Morgan fingerprint density at radius 1 is 1.16 bits per heavy atom. The predicted molar refractivity (Wildman–Crippen MR) is 122 cm³/mol. The monoisotopic (exact) mass is 485 g/mol. The van der Waals surface area contributed by atoms with Crippen LogP contribution in [-0.4, -0.2) is 37.2 Å². The molecule has 2 aromatic carbocycles. The number of nitrogens with zero attached hydrogens (tertiary/aromatic N) is 1. The first-order valence-corrected chi connectivity index (χ1v) is 11.0. The zero-order valence-electron chi connectivity index (χ0n) is 17.7. The fraction of sp³-hybridized carbons (Fsp3) is 0.333. The van der Waals surface area contributed by atoms with Crippen LogP contribution >= 0.6 is 15.9 Å². The number of hydrogen-bond donors (Lipinski definition) is 0. The maximum atomic E-state index is 13.5. The zero-order chi connectivity index (χ0) is 22.1. The van der Waals surface area contributed by atoms with Crippen LogP contribution < -0.4 is 10.2 Å². The molecule has 0 radical (unpaired) electrons. The van der Waals surface area contributed by atoms with Gasteiger partial charge in [0.15, 0.2) is 5.43 Å². The lowest BCUT2D eigenvalue weighted by atomic mass is 9.98. The van der Waals surface area contributed by atoms with Crippen LogP contribution in [0.1, 0.15) is 48.0 Å². The number of ether oxygens (including phenoxy) is 2. The predicted octanol–water partition coefficient (Wildman–Crippen LogP) is 4.92. The molecule has 1 aliphatic rings. The largest absolute Gasteiger partial charge is 0.497 e. The molecular formula is C24H24BrNO5. The summed E-state index contributed by atoms with van der Waals surface area (Å²) in [6.07, 6.45) is 0.769. The highest BCUT2D eigenvalue weighted by molar-refractivity contribution is 9.10. The Balaban J connectivity index is 1.83. The van der Waals surface area contributed by atoms with Gasteiger partial charge >= 0.3 is 0 Å². The van der Waals surface area contributed by atoms with Gasteiger partial charge in [0.05, 0.1) is 30.2 Å². The summed E-state index contributed by atoms with van der Waals surface area (Å²) in [4.78, 5) is 28.5. The molecule has 4 rings (SSSR count). The number of amides is 1. The summed E-state index contributed by atoms with van der Waals surface area (Å²) in [6.45, 7) is 4.92. The maximum absolute atomic E-state index is 13.5. The Hall–Kier alpha value is -2.64. The van der Waals surface area contributed by atoms with Gasteiger partial charge in [0, 0.05) is 17.6 Å². The summed E-state index contributed by atoms with van der Waals surface area (Å²) in [6, 6.07) is 12.1. The van der Waals surface area contributed by atoms with Crippen LogP contribution in [0.15, 0.2) is 56.1 Å². The van der Waals surface area contributed by atoms with E-state index in [4.69, 9.17) is 13.9 Å². The molecule has 3 aromatic rings. The van der Waals surface area contributed by atoms with Crippen molar-refractivity contribution >= 4 is 32.8 Å². The molecule has 2 heterocycles. The summed E-state index contributed by atoms with van der Waals surface area (Å²) >= 11 is 3.42. The molecule has 0 aliphatic carbocycles. The van der Waals surface area contributed by atoms with Crippen molar-refractivity contribution < 1.29 is 18.7 Å². The third-order valence-corrected chi connectivity index (χ3v) is 5.83. The highest BCUT2D eigenvalue weighted by atomic mass is 79.9. The van der Waals surface area contributed by atoms with Gasteiger partial charge in [-0.3, -0.25) is 9.59 Å². The first-order valence-electron chi connectivity index (χ1n) is 10.2. The third kappa shape index (κ3) is 4.12. The molecule has 0 unspecified atom stereocenters. The van der Waals surface area contributed by atoms with E-state index in [1.54, 1.807) is 30.2 Å². The summed E-state index contributed by atoms with van der Waals surface area (Å²) in [7, 11) is 1.59. The summed E-state index contributed by atoms with van der Waals surface area (Å²) in [5, 5.41) is 0.443. The quantitative estimate of drug-likeness (QED) is 0.444. The Morgan fingerprint density at radius 2 is 1.97 bits per heavy atom. The summed E-state index contributed by atoms with van der Waals surface area (Å²) in [5.41, 5.74) is 1.38. The van der Waals surface area contributed by atoms with Gasteiger partial charge in [0.25, 0.3) is 5.91 Å². The smallest absolute Gasteiger partial charge is 0.290 e. The first kappa shape index (κ1) is 21.6. The average molecular weight is 486 g/mol. The van der Waals surface area contributed by atoms with Crippen LogP contribution in [0.4, 0.5) is 0 Å². The van der Waals surface area contributed by atoms with Crippen LogP contribution in [0.25, 0.3) is 11.0 Å². The van der Waals surface area contributed by atoms with Crippen molar-refractivity contribution in [2.75, 3.05) is 20.3 Å². The molecule has 1 aromatic heterocycles. The highest BCUT2D eigenvalue weighted by Gasteiger charge is 2.42. The molecule has 0 N–H and O–H groups in total. The molecule has 0 fully saturated rings. The minimum absolute atomic E-state index is 0.109. The molecule has 0 bridgehead atoms. The van der Waals surface area contributed by atoms with Crippen LogP contribution in [0.3, 0.4) is 0 Å². The van der Waals surface area contributed by atoms with Gasteiger partial charge in [-0.05, 0) is 56.2 Å². The molecule has 162 valence electrons. The van der Waals surface area contributed by atoms with Crippen molar-refractivity contribution in [1.82, 2.24) is 4.90 Å². The number of carbonyl (C=O) groups is 1. The number of methoxy groups -OCH3 is 1. The average Bonchev–Trinajstić information content (AvgIpc) is 3.04. The highest BCUT2D eigenvalue weighted by Crippen LogP contribution is 2.39. The van der Waals surface area contributed by atoms with Gasteiger partial charge in [-0.2, -0.15) is 0 Å². The van der Waals surface area contributed by atoms with Gasteiger partial charge in [-0.15, -0.1) is 0 Å². The molecule has 0 saturated carbocycles. The van der Waals surface area contributed by atoms with E-state index in [2.05, 4.69) is 15.9 Å². The van der Waals surface area contributed by atoms with Gasteiger partial charge in [-0.25, -0.2) is 0 Å². The number of hydrogen-bond acceptors (Lipinski definition) is 5. The SMILES string of the molecule is COc1cccc([C@H]2c3c(oc4ccc(Br)cc4c3=O)C(=O)N2CCCOC(C)C)c1. The van der Waals surface area contributed by atoms with Crippen LogP contribution in [0, 0.1) is 0 Å². The lowest BCUT2D eigenvalue weighted by Crippen LogP contribution is -2.31. The molecule has 1 atom stereocenters. The van der Waals surface area contributed by atoms with Gasteiger partial charge in [0.1, 0.15) is 11.3 Å². The van der Waals surface area contributed by atoms with E-state index in [0.29, 0.717) is 41.9 Å². The van der Waals surface area contributed by atoms with Crippen LogP contribution in [0.5, 0.6) is 5.75 Å². The number of rotatable bonds is 7. The number of carbonyl (C=O) groups excluding carboxylic acids is 1. The molecule has 7 heteroatoms. The summed E-state index contributed by atoms with van der Waals surface area (Å²) < 4.78 is 17.8. The summed E-state index contributed by atoms with van der Waals surface area (Å²) in [5.74, 6) is 0.487. The number of fused-ring (bicyclic) bond motifs is 2. The minimum Gasteiger partial charge on any atom is -0.497 e. The molecular weight excluding hydrogens is 462 g/mol. The van der Waals surface area contributed by atoms with Crippen molar-refractivity contribution in [3.05, 3.63) is 74.0 Å². The molecule has 0 spiro atoms. The minimum atomic E-state index is -0.545. The normalized spacial score (nSPS) is 15.7. The fourth-order valence-electron chi connectivity index (χ4n) is 3.94. The Kier molecular flexibility index (Phi) is 6.16. The van der Waals surface area contributed by atoms with E-state index < -0.39 is 6.04 Å². The number of benzene rings is 2. The van der Waals surface area contributed by atoms with Gasteiger partial charge in [-0.1, -0.05) is 28.1 Å². The lowest BCUT2D eigenvalue weighted by Gasteiger charge is -2.25. The standard InChI is InChI=1S/C24H24BrNO5/c1-14(2)30-11-5-10-26-21(15-6-4-7-17(12-15)29-3)20-22(27)18-13-16(25)8-9-19(18)31-23(20)24(26)28/h4,6-9,12-14,21H,5,10-11H2,1-3H3/t21-/m0/s1. The van der Waals surface area contributed by atoms with E-state index in [1.807, 2.05) is 38.1 Å². The van der Waals surface area contributed by atoms with Gasteiger partial charge < -0.3 is 18.8 Å². The van der Waals surface area contributed by atoms with E-state index in [0.717, 1.165) is 10.0 Å². The second kappa shape index (κ2) is 8.85. The van der Waals surface area contributed by atoms with Crippen molar-refractivity contribution in [1.29, 1.82) is 0 Å². The first-order chi connectivity index (χ1) is 14.9. The molecule has 31 heavy (non-hydrogen) atoms. The fourth-order valence-corrected chi connectivity index (χ4v) is 4.30. The maximum Gasteiger partial charge on any atom is 0.290 e.